The lowest BCUT2D eigenvalue weighted by Crippen LogP contribution is -2.29. The average molecular weight is 410 g/mol. The van der Waals surface area contributed by atoms with Crippen molar-refractivity contribution < 1.29 is 9.47 Å². The van der Waals surface area contributed by atoms with E-state index in [-0.39, 0.29) is 17.7 Å². The molecule has 8 heteroatoms. The molecule has 0 radical (unpaired) electrons. The number of hydrogen-bond donors (Lipinski definition) is 0. The second-order valence-electron chi connectivity index (χ2n) is 6.27. The molecule has 0 saturated carbocycles. The van der Waals surface area contributed by atoms with Crippen molar-refractivity contribution >= 4 is 11.3 Å². The molecule has 1 aromatic carbocycles. The summed E-state index contributed by atoms with van der Waals surface area (Å²) in [5, 5.41) is 16.6. The average Bonchev–Trinajstić information content (AvgIpc) is 3.22. The zero-order valence-corrected chi connectivity index (χ0v) is 17.7. The highest BCUT2D eigenvalue weighted by atomic mass is 32.1. The number of ether oxygens (including phenoxy) is 2. The first-order chi connectivity index (χ1) is 14.1. The Hall–Kier alpha value is -3.18. The molecule has 0 N–H and O–H groups in total. The molecule has 0 fully saturated rings. The molecule has 0 amide bonds. The number of aryl methyl sites for hydroxylation is 1. The monoisotopic (exact) mass is 410 g/mol. The quantitative estimate of drug-likeness (QED) is 0.593. The van der Waals surface area contributed by atoms with Crippen LogP contribution in [0.2, 0.25) is 0 Å². The van der Waals surface area contributed by atoms with Crippen LogP contribution in [0.5, 0.6) is 11.5 Å². The van der Waals surface area contributed by atoms with Crippen LogP contribution < -0.4 is 15.0 Å². The lowest BCUT2D eigenvalue weighted by atomic mass is 10.0. The van der Waals surface area contributed by atoms with Gasteiger partial charge in [-0.1, -0.05) is 19.9 Å². The number of nitriles is 1. The van der Waals surface area contributed by atoms with E-state index >= 15 is 0 Å². The van der Waals surface area contributed by atoms with Crippen molar-refractivity contribution in [2.24, 2.45) is 0 Å². The van der Waals surface area contributed by atoms with Crippen LogP contribution >= 0.6 is 11.3 Å². The van der Waals surface area contributed by atoms with Crippen LogP contribution in [-0.4, -0.2) is 29.0 Å². The fourth-order valence-corrected chi connectivity index (χ4v) is 4.09. The summed E-state index contributed by atoms with van der Waals surface area (Å²) >= 11 is 1.45. The zero-order chi connectivity index (χ0) is 21.0. The number of thiazole rings is 1. The largest absolute Gasteiger partial charge is 0.493 e. The van der Waals surface area contributed by atoms with E-state index in [0.29, 0.717) is 30.0 Å². The highest BCUT2D eigenvalue weighted by Crippen LogP contribution is 2.38. The third-order valence-electron chi connectivity index (χ3n) is 4.64. The maximum atomic E-state index is 12.7. The molecule has 2 heterocycles. The standard InChI is InChI=1S/C21H22N4O3S/c1-5-14-16(10-22)21(26)25(24-17(14)6-2)11-13-12-29-20(23-13)15-8-7-9-18(27-3)19(15)28-4/h7-9,12H,5-6,11H2,1-4H3. The fourth-order valence-electron chi connectivity index (χ4n) is 3.25. The lowest BCUT2D eigenvalue weighted by molar-refractivity contribution is 0.356. The number of methoxy groups -OCH3 is 2. The molecule has 0 unspecified atom stereocenters. The van der Waals surface area contributed by atoms with Gasteiger partial charge in [-0.15, -0.1) is 11.3 Å². The summed E-state index contributed by atoms with van der Waals surface area (Å²) in [6, 6.07) is 7.66. The summed E-state index contributed by atoms with van der Waals surface area (Å²) in [6.07, 6.45) is 1.26. The normalized spacial score (nSPS) is 10.6. The number of para-hydroxylation sites is 1. The van der Waals surface area contributed by atoms with Gasteiger partial charge in [-0.25, -0.2) is 9.67 Å². The molecule has 150 valence electrons. The van der Waals surface area contributed by atoms with Crippen LogP contribution in [0.3, 0.4) is 0 Å². The van der Waals surface area contributed by atoms with Gasteiger partial charge in [0.05, 0.1) is 37.7 Å². The molecular formula is C21H22N4O3S. The summed E-state index contributed by atoms with van der Waals surface area (Å²) in [5.41, 5.74) is 2.81. The molecule has 3 aromatic rings. The second kappa shape index (κ2) is 8.88. The maximum Gasteiger partial charge on any atom is 0.285 e. The Kier molecular flexibility index (Phi) is 6.29. The Morgan fingerprint density at radius 1 is 1.21 bits per heavy atom. The van der Waals surface area contributed by atoms with Crippen molar-refractivity contribution in [1.29, 1.82) is 5.26 Å². The van der Waals surface area contributed by atoms with Crippen molar-refractivity contribution in [2.75, 3.05) is 14.2 Å². The van der Waals surface area contributed by atoms with E-state index in [0.717, 1.165) is 21.8 Å². The minimum absolute atomic E-state index is 0.171. The molecule has 0 spiro atoms. The molecule has 29 heavy (non-hydrogen) atoms. The van der Waals surface area contributed by atoms with E-state index in [1.165, 1.54) is 16.0 Å². The van der Waals surface area contributed by atoms with Gasteiger partial charge in [0.1, 0.15) is 16.6 Å². The van der Waals surface area contributed by atoms with Gasteiger partial charge in [-0.2, -0.15) is 10.4 Å². The van der Waals surface area contributed by atoms with Crippen LogP contribution in [0.1, 0.15) is 36.4 Å². The van der Waals surface area contributed by atoms with Crippen LogP contribution in [0.25, 0.3) is 10.6 Å². The minimum Gasteiger partial charge on any atom is -0.493 e. The highest BCUT2D eigenvalue weighted by molar-refractivity contribution is 7.13. The Labute approximate surface area is 173 Å². The van der Waals surface area contributed by atoms with E-state index < -0.39 is 0 Å². The van der Waals surface area contributed by atoms with Crippen molar-refractivity contribution in [1.82, 2.24) is 14.8 Å². The van der Waals surface area contributed by atoms with Crippen LogP contribution in [0, 0.1) is 11.3 Å². The van der Waals surface area contributed by atoms with Gasteiger partial charge < -0.3 is 9.47 Å². The highest BCUT2D eigenvalue weighted by Gasteiger charge is 2.18. The first-order valence-electron chi connectivity index (χ1n) is 9.26. The molecule has 2 aromatic heterocycles. The Morgan fingerprint density at radius 2 is 2.00 bits per heavy atom. The van der Waals surface area contributed by atoms with Crippen molar-refractivity contribution in [3.63, 3.8) is 0 Å². The van der Waals surface area contributed by atoms with E-state index in [4.69, 9.17) is 9.47 Å². The molecule has 3 rings (SSSR count). The number of benzene rings is 1. The summed E-state index contributed by atoms with van der Waals surface area (Å²) in [4.78, 5) is 17.4. The van der Waals surface area contributed by atoms with Gasteiger partial charge in [0.2, 0.25) is 0 Å². The summed E-state index contributed by atoms with van der Waals surface area (Å²) in [5.74, 6) is 1.24. The maximum absolute atomic E-state index is 12.7. The van der Waals surface area contributed by atoms with E-state index in [2.05, 4.69) is 16.2 Å². The molecule has 0 saturated heterocycles. The minimum atomic E-state index is -0.380. The van der Waals surface area contributed by atoms with Crippen molar-refractivity contribution in [2.45, 2.75) is 33.2 Å². The molecule has 0 atom stereocenters. The molecule has 0 bridgehead atoms. The number of nitrogens with zero attached hydrogens (tertiary/aromatic N) is 4. The molecular weight excluding hydrogens is 388 g/mol. The molecule has 0 aliphatic carbocycles. The van der Waals surface area contributed by atoms with E-state index in [1.54, 1.807) is 14.2 Å². The fraction of sp³-hybridized carbons (Fsp3) is 0.333. The number of aromatic nitrogens is 3. The topological polar surface area (TPSA) is 90.0 Å². The van der Waals surface area contributed by atoms with E-state index in [1.807, 2.05) is 37.4 Å². The van der Waals surface area contributed by atoms with Gasteiger partial charge in [0.25, 0.3) is 5.56 Å². The predicted molar refractivity (Wildman–Crippen MR) is 112 cm³/mol. The van der Waals surface area contributed by atoms with Crippen LogP contribution in [0.15, 0.2) is 28.4 Å². The second-order valence-corrected chi connectivity index (χ2v) is 7.13. The zero-order valence-electron chi connectivity index (χ0n) is 16.9. The van der Waals surface area contributed by atoms with Gasteiger partial charge in [0, 0.05) is 5.38 Å². The predicted octanol–water partition coefficient (Wildman–Crippen LogP) is 3.43. The summed E-state index contributed by atoms with van der Waals surface area (Å²) < 4.78 is 12.2. The number of hydrogen-bond acceptors (Lipinski definition) is 7. The Bertz CT molecular complexity index is 1130. The van der Waals surface area contributed by atoms with Crippen molar-refractivity contribution in [3.05, 3.63) is 56.4 Å². The van der Waals surface area contributed by atoms with Crippen LogP contribution in [-0.2, 0) is 19.4 Å². The van der Waals surface area contributed by atoms with Gasteiger partial charge in [-0.3, -0.25) is 4.79 Å². The van der Waals surface area contributed by atoms with Gasteiger partial charge in [0.15, 0.2) is 11.5 Å². The van der Waals surface area contributed by atoms with E-state index in [9.17, 15) is 10.1 Å². The summed E-state index contributed by atoms with van der Waals surface area (Å²) in [6.45, 7) is 4.09. The summed E-state index contributed by atoms with van der Waals surface area (Å²) in [7, 11) is 3.18. The number of rotatable bonds is 7. The lowest BCUT2D eigenvalue weighted by Gasteiger charge is -2.11. The first-order valence-corrected chi connectivity index (χ1v) is 10.1. The first kappa shape index (κ1) is 20.6. The third-order valence-corrected chi connectivity index (χ3v) is 5.56. The smallest absolute Gasteiger partial charge is 0.285 e. The third kappa shape index (κ3) is 3.87. The molecule has 0 aliphatic rings. The Morgan fingerprint density at radius 3 is 2.62 bits per heavy atom. The van der Waals surface area contributed by atoms with Crippen molar-refractivity contribution in [3.8, 4) is 28.1 Å². The Balaban J connectivity index is 2.00. The van der Waals surface area contributed by atoms with Crippen LogP contribution in [0.4, 0.5) is 0 Å². The SMILES string of the molecule is CCc1nn(Cc2csc(-c3cccc(OC)c3OC)n2)c(=O)c(C#N)c1CC. The van der Waals surface area contributed by atoms with Gasteiger partial charge >= 0.3 is 0 Å². The molecule has 7 nitrogen and oxygen atoms in total. The van der Waals surface area contributed by atoms with Gasteiger partial charge in [-0.05, 0) is 30.5 Å². The molecule has 0 aliphatic heterocycles.